The number of hydrogen-bond acceptors (Lipinski definition) is 4. The van der Waals surface area contributed by atoms with Crippen molar-refractivity contribution >= 4 is 17.7 Å². The molecule has 0 heterocycles. The molecule has 7 nitrogen and oxygen atoms in total. The minimum Gasteiger partial charge on any atom is -0.490 e. The highest BCUT2D eigenvalue weighted by molar-refractivity contribution is 5.91. The van der Waals surface area contributed by atoms with Gasteiger partial charge in [-0.05, 0) is 43.3 Å². The SMILES string of the molecule is CCOc1ccccc1OCNC(=O)Nc1ccc(C(=O)O)cc1. The molecular weight excluding hydrogens is 312 g/mol. The van der Waals surface area contributed by atoms with Gasteiger partial charge in [0.05, 0.1) is 12.2 Å². The van der Waals surface area contributed by atoms with E-state index in [2.05, 4.69) is 10.6 Å². The molecule has 2 rings (SSSR count). The molecule has 0 saturated carbocycles. The van der Waals surface area contributed by atoms with Crippen molar-refractivity contribution in [3.8, 4) is 11.5 Å². The summed E-state index contributed by atoms with van der Waals surface area (Å²) in [6.45, 7) is 2.35. The molecule has 2 aromatic carbocycles. The molecule has 0 fully saturated rings. The van der Waals surface area contributed by atoms with Crippen LogP contribution in [-0.2, 0) is 0 Å². The van der Waals surface area contributed by atoms with Gasteiger partial charge >= 0.3 is 12.0 Å². The number of nitrogens with one attached hydrogen (secondary N) is 2. The maximum Gasteiger partial charge on any atom is 0.335 e. The van der Waals surface area contributed by atoms with Gasteiger partial charge in [-0.2, -0.15) is 0 Å². The molecular formula is C17H18N2O5. The lowest BCUT2D eigenvalue weighted by Gasteiger charge is -2.12. The Morgan fingerprint density at radius 1 is 1.00 bits per heavy atom. The largest absolute Gasteiger partial charge is 0.490 e. The summed E-state index contributed by atoms with van der Waals surface area (Å²) in [6.07, 6.45) is 0. The van der Waals surface area contributed by atoms with Crippen molar-refractivity contribution in [3.05, 3.63) is 54.1 Å². The van der Waals surface area contributed by atoms with Crippen molar-refractivity contribution in [3.63, 3.8) is 0 Å². The van der Waals surface area contributed by atoms with Crippen LogP contribution < -0.4 is 20.1 Å². The van der Waals surface area contributed by atoms with Crippen LogP contribution in [0.25, 0.3) is 0 Å². The smallest absolute Gasteiger partial charge is 0.335 e. The fourth-order valence-electron chi connectivity index (χ4n) is 1.89. The van der Waals surface area contributed by atoms with E-state index in [4.69, 9.17) is 14.6 Å². The molecule has 126 valence electrons. The number of rotatable bonds is 7. The zero-order valence-electron chi connectivity index (χ0n) is 13.1. The summed E-state index contributed by atoms with van der Waals surface area (Å²) >= 11 is 0. The van der Waals surface area contributed by atoms with Gasteiger partial charge in [0.25, 0.3) is 0 Å². The molecule has 0 bridgehead atoms. The number of urea groups is 1. The number of carboxylic acids is 1. The molecule has 0 spiro atoms. The van der Waals surface area contributed by atoms with Gasteiger partial charge in [-0.1, -0.05) is 12.1 Å². The van der Waals surface area contributed by atoms with E-state index in [0.29, 0.717) is 23.8 Å². The molecule has 0 aliphatic carbocycles. The summed E-state index contributed by atoms with van der Waals surface area (Å²) in [4.78, 5) is 22.5. The summed E-state index contributed by atoms with van der Waals surface area (Å²) in [5.74, 6) is 0.115. The number of para-hydroxylation sites is 2. The van der Waals surface area contributed by atoms with Crippen molar-refractivity contribution < 1.29 is 24.2 Å². The van der Waals surface area contributed by atoms with Crippen LogP contribution in [0.1, 0.15) is 17.3 Å². The van der Waals surface area contributed by atoms with Gasteiger partial charge in [-0.15, -0.1) is 0 Å². The Morgan fingerprint density at radius 3 is 2.21 bits per heavy atom. The average Bonchev–Trinajstić information content (AvgIpc) is 2.57. The van der Waals surface area contributed by atoms with Gasteiger partial charge in [0, 0.05) is 5.69 Å². The lowest BCUT2D eigenvalue weighted by atomic mass is 10.2. The van der Waals surface area contributed by atoms with E-state index in [1.807, 2.05) is 19.1 Å². The Kier molecular flexibility index (Phi) is 6.01. The summed E-state index contributed by atoms with van der Waals surface area (Å²) < 4.78 is 10.9. The lowest BCUT2D eigenvalue weighted by molar-refractivity contribution is 0.0697. The van der Waals surface area contributed by atoms with E-state index in [1.54, 1.807) is 12.1 Å². The van der Waals surface area contributed by atoms with Crippen LogP contribution in [0.5, 0.6) is 11.5 Å². The Morgan fingerprint density at radius 2 is 1.62 bits per heavy atom. The van der Waals surface area contributed by atoms with Crippen LogP contribution in [0, 0.1) is 0 Å². The van der Waals surface area contributed by atoms with Gasteiger partial charge in [0.1, 0.15) is 0 Å². The van der Waals surface area contributed by atoms with Gasteiger partial charge in [-0.3, -0.25) is 0 Å². The minimum atomic E-state index is -1.02. The van der Waals surface area contributed by atoms with Gasteiger partial charge in [0.15, 0.2) is 18.2 Å². The first-order chi connectivity index (χ1) is 11.6. The third-order valence-corrected chi connectivity index (χ3v) is 3.00. The van der Waals surface area contributed by atoms with Crippen LogP contribution in [0.15, 0.2) is 48.5 Å². The first-order valence-electron chi connectivity index (χ1n) is 7.33. The molecule has 0 unspecified atom stereocenters. The van der Waals surface area contributed by atoms with Gasteiger partial charge in [0.2, 0.25) is 0 Å². The number of carboxylic acid groups (broad SMARTS) is 1. The van der Waals surface area contributed by atoms with Crippen molar-refractivity contribution in [2.75, 3.05) is 18.7 Å². The fourth-order valence-corrected chi connectivity index (χ4v) is 1.89. The Labute approximate surface area is 139 Å². The summed E-state index contributed by atoms with van der Waals surface area (Å²) in [7, 11) is 0. The molecule has 0 aliphatic rings. The number of benzene rings is 2. The van der Waals surface area contributed by atoms with Crippen LogP contribution in [0.2, 0.25) is 0 Å². The average molecular weight is 330 g/mol. The lowest BCUT2D eigenvalue weighted by Crippen LogP contribution is -2.32. The first-order valence-corrected chi connectivity index (χ1v) is 7.33. The van der Waals surface area contributed by atoms with Crippen molar-refractivity contribution in [2.45, 2.75) is 6.92 Å². The van der Waals surface area contributed by atoms with E-state index in [9.17, 15) is 9.59 Å². The quantitative estimate of drug-likeness (QED) is 0.678. The van der Waals surface area contributed by atoms with E-state index in [0.717, 1.165) is 0 Å². The second-order valence-corrected chi connectivity index (χ2v) is 4.68. The van der Waals surface area contributed by atoms with E-state index in [-0.39, 0.29) is 12.3 Å². The van der Waals surface area contributed by atoms with Crippen molar-refractivity contribution in [2.24, 2.45) is 0 Å². The van der Waals surface area contributed by atoms with Crippen molar-refractivity contribution in [1.82, 2.24) is 5.32 Å². The molecule has 0 aliphatic heterocycles. The third-order valence-electron chi connectivity index (χ3n) is 3.00. The zero-order chi connectivity index (χ0) is 17.4. The minimum absolute atomic E-state index is 0.0386. The number of ether oxygens (including phenoxy) is 2. The second kappa shape index (κ2) is 8.42. The monoisotopic (exact) mass is 330 g/mol. The molecule has 0 aromatic heterocycles. The highest BCUT2D eigenvalue weighted by atomic mass is 16.5. The maximum atomic E-state index is 11.8. The van der Waals surface area contributed by atoms with Crippen LogP contribution in [0.3, 0.4) is 0 Å². The number of hydrogen-bond donors (Lipinski definition) is 3. The predicted octanol–water partition coefficient (Wildman–Crippen LogP) is 2.94. The first kappa shape index (κ1) is 17.1. The van der Waals surface area contributed by atoms with Gasteiger partial charge in [-0.25, -0.2) is 9.59 Å². The molecule has 24 heavy (non-hydrogen) atoms. The fraction of sp³-hybridized carbons (Fsp3) is 0.176. The van der Waals surface area contributed by atoms with Crippen LogP contribution in [0.4, 0.5) is 10.5 Å². The van der Waals surface area contributed by atoms with Gasteiger partial charge < -0.3 is 25.2 Å². The van der Waals surface area contributed by atoms with E-state index >= 15 is 0 Å². The predicted molar refractivity (Wildman–Crippen MR) is 88.7 cm³/mol. The third kappa shape index (κ3) is 4.91. The topological polar surface area (TPSA) is 96.9 Å². The van der Waals surface area contributed by atoms with Crippen molar-refractivity contribution in [1.29, 1.82) is 0 Å². The highest BCUT2D eigenvalue weighted by Gasteiger charge is 2.06. The van der Waals surface area contributed by atoms with E-state index < -0.39 is 12.0 Å². The Balaban J connectivity index is 1.82. The Hall–Kier alpha value is -3.22. The number of aromatic carboxylic acids is 1. The number of amides is 2. The zero-order valence-corrected chi connectivity index (χ0v) is 13.1. The molecule has 0 atom stereocenters. The second-order valence-electron chi connectivity index (χ2n) is 4.68. The van der Waals surface area contributed by atoms with Crippen LogP contribution in [-0.4, -0.2) is 30.4 Å². The molecule has 3 N–H and O–H groups in total. The maximum absolute atomic E-state index is 11.8. The standard InChI is InChI=1S/C17H18N2O5/c1-2-23-14-5-3-4-6-15(14)24-11-18-17(22)19-13-9-7-12(8-10-13)16(20)21/h3-10H,2,11H2,1H3,(H,20,21)(H2,18,19,22). The normalized spacial score (nSPS) is 9.88. The number of anilines is 1. The summed E-state index contributed by atoms with van der Waals surface area (Å²) in [5, 5.41) is 13.9. The molecule has 0 saturated heterocycles. The summed E-state index contributed by atoms with van der Waals surface area (Å²) in [6, 6.07) is 12.5. The number of carbonyl (C=O) groups excluding carboxylic acids is 1. The summed E-state index contributed by atoms with van der Waals surface area (Å²) in [5.41, 5.74) is 0.629. The Bertz CT molecular complexity index is 700. The molecule has 2 aromatic rings. The highest BCUT2D eigenvalue weighted by Crippen LogP contribution is 2.25. The molecule has 7 heteroatoms. The van der Waals surface area contributed by atoms with E-state index in [1.165, 1.54) is 24.3 Å². The van der Waals surface area contributed by atoms with Crippen LogP contribution >= 0.6 is 0 Å². The number of carbonyl (C=O) groups is 2. The molecule has 2 amide bonds. The molecule has 0 radical (unpaired) electrons.